The summed E-state index contributed by atoms with van der Waals surface area (Å²) in [6.45, 7) is 2.10. The molecule has 0 saturated carbocycles. The lowest BCUT2D eigenvalue weighted by Crippen LogP contribution is -2.34. The molecule has 0 bridgehead atoms. The second kappa shape index (κ2) is 7.05. The number of carbonyl (C=O) groups is 2. The fourth-order valence-corrected chi connectivity index (χ4v) is 3.28. The number of likely N-dealkylation sites (tertiary alicyclic amines) is 1. The van der Waals surface area contributed by atoms with Gasteiger partial charge < -0.3 is 10.2 Å². The second-order valence-corrected chi connectivity index (χ2v) is 6.48. The summed E-state index contributed by atoms with van der Waals surface area (Å²) >= 11 is 0. The van der Waals surface area contributed by atoms with Crippen LogP contribution in [0.5, 0.6) is 0 Å². The van der Waals surface area contributed by atoms with Gasteiger partial charge in [-0.1, -0.05) is 48.0 Å². The minimum absolute atomic E-state index is 0.0587. The van der Waals surface area contributed by atoms with Crippen molar-refractivity contribution in [2.75, 3.05) is 7.05 Å². The van der Waals surface area contributed by atoms with Crippen LogP contribution in [0, 0.1) is 18.7 Å². The molecule has 1 aliphatic heterocycles. The number of hydrogen-bond donors (Lipinski definition) is 1. The summed E-state index contributed by atoms with van der Waals surface area (Å²) in [7, 11) is 1.72. The molecule has 2 aromatic carbocycles. The second-order valence-electron chi connectivity index (χ2n) is 6.48. The monoisotopic (exact) mass is 340 g/mol. The van der Waals surface area contributed by atoms with Gasteiger partial charge in [-0.15, -0.1) is 0 Å². The van der Waals surface area contributed by atoms with Crippen molar-refractivity contribution in [1.82, 2.24) is 10.2 Å². The van der Waals surface area contributed by atoms with Gasteiger partial charge in [-0.25, -0.2) is 4.39 Å². The molecular formula is C20H21FN2O2. The van der Waals surface area contributed by atoms with E-state index in [2.05, 4.69) is 5.32 Å². The maximum Gasteiger partial charge on any atom is 0.226 e. The molecule has 2 amide bonds. The summed E-state index contributed by atoms with van der Waals surface area (Å²) in [5.41, 5.74) is 2.49. The highest BCUT2D eigenvalue weighted by Gasteiger charge is 2.42. The Morgan fingerprint density at radius 1 is 1.20 bits per heavy atom. The quantitative estimate of drug-likeness (QED) is 0.930. The highest BCUT2D eigenvalue weighted by atomic mass is 19.1. The van der Waals surface area contributed by atoms with Crippen LogP contribution in [0.25, 0.3) is 0 Å². The van der Waals surface area contributed by atoms with Gasteiger partial charge in [0.05, 0.1) is 12.0 Å². The van der Waals surface area contributed by atoms with E-state index in [1.54, 1.807) is 30.1 Å². The summed E-state index contributed by atoms with van der Waals surface area (Å²) in [4.78, 5) is 26.4. The third-order valence-corrected chi connectivity index (χ3v) is 4.75. The molecule has 0 radical (unpaired) electrons. The summed E-state index contributed by atoms with van der Waals surface area (Å²) in [5.74, 6) is -1.12. The number of amides is 2. The van der Waals surface area contributed by atoms with Gasteiger partial charge in [0.25, 0.3) is 0 Å². The molecule has 4 nitrogen and oxygen atoms in total. The van der Waals surface area contributed by atoms with Crippen molar-refractivity contribution < 1.29 is 14.0 Å². The van der Waals surface area contributed by atoms with Gasteiger partial charge in [-0.2, -0.15) is 0 Å². The predicted octanol–water partition coefficient (Wildman–Crippen LogP) is 2.97. The van der Waals surface area contributed by atoms with E-state index in [4.69, 9.17) is 0 Å². The first-order chi connectivity index (χ1) is 12.0. The number of benzene rings is 2. The Balaban J connectivity index is 1.76. The van der Waals surface area contributed by atoms with E-state index < -0.39 is 5.92 Å². The Kier molecular flexibility index (Phi) is 4.83. The van der Waals surface area contributed by atoms with E-state index in [1.807, 2.05) is 31.2 Å². The maximum atomic E-state index is 13.7. The molecular weight excluding hydrogens is 319 g/mol. The molecule has 3 rings (SSSR count). The Hall–Kier alpha value is -2.69. The molecule has 1 heterocycles. The lowest BCUT2D eigenvalue weighted by atomic mass is 9.92. The SMILES string of the molecule is Cc1ccc(C2C(C(=O)NCc3ccccc3F)CC(=O)N2C)cc1. The average molecular weight is 340 g/mol. The van der Waals surface area contributed by atoms with Gasteiger partial charge in [0.15, 0.2) is 0 Å². The zero-order chi connectivity index (χ0) is 18.0. The summed E-state index contributed by atoms with van der Waals surface area (Å²) < 4.78 is 13.7. The van der Waals surface area contributed by atoms with Crippen LogP contribution >= 0.6 is 0 Å². The molecule has 2 atom stereocenters. The maximum absolute atomic E-state index is 13.7. The lowest BCUT2D eigenvalue weighted by Gasteiger charge is -2.25. The summed E-state index contributed by atoms with van der Waals surface area (Å²) in [6.07, 6.45) is 0.165. The van der Waals surface area contributed by atoms with E-state index in [0.29, 0.717) is 5.56 Å². The van der Waals surface area contributed by atoms with Crippen molar-refractivity contribution in [2.24, 2.45) is 5.92 Å². The van der Waals surface area contributed by atoms with Crippen LogP contribution in [-0.4, -0.2) is 23.8 Å². The van der Waals surface area contributed by atoms with Crippen molar-refractivity contribution in [3.63, 3.8) is 0 Å². The number of hydrogen-bond acceptors (Lipinski definition) is 2. The first-order valence-electron chi connectivity index (χ1n) is 8.30. The van der Waals surface area contributed by atoms with Crippen LogP contribution in [0.1, 0.15) is 29.2 Å². The Morgan fingerprint density at radius 3 is 2.56 bits per heavy atom. The molecule has 0 aliphatic carbocycles. The van der Waals surface area contributed by atoms with Crippen LogP contribution in [0.15, 0.2) is 48.5 Å². The molecule has 0 spiro atoms. The van der Waals surface area contributed by atoms with Crippen molar-refractivity contribution in [3.05, 3.63) is 71.0 Å². The number of rotatable bonds is 4. The molecule has 5 heteroatoms. The van der Waals surface area contributed by atoms with E-state index in [1.165, 1.54) is 6.07 Å². The number of nitrogens with zero attached hydrogens (tertiary/aromatic N) is 1. The van der Waals surface area contributed by atoms with Crippen molar-refractivity contribution >= 4 is 11.8 Å². The minimum atomic E-state index is -0.480. The minimum Gasteiger partial charge on any atom is -0.352 e. The predicted molar refractivity (Wildman–Crippen MR) is 93.0 cm³/mol. The fraction of sp³-hybridized carbons (Fsp3) is 0.300. The largest absolute Gasteiger partial charge is 0.352 e. The molecule has 2 unspecified atom stereocenters. The first-order valence-corrected chi connectivity index (χ1v) is 8.30. The topological polar surface area (TPSA) is 49.4 Å². The summed E-state index contributed by atoms with van der Waals surface area (Å²) in [5, 5.41) is 2.78. The third kappa shape index (κ3) is 3.55. The highest BCUT2D eigenvalue weighted by Crippen LogP contribution is 2.37. The van der Waals surface area contributed by atoms with E-state index in [0.717, 1.165) is 11.1 Å². The first kappa shape index (κ1) is 17.1. The molecule has 25 heavy (non-hydrogen) atoms. The Bertz CT molecular complexity index is 789. The zero-order valence-electron chi connectivity index (χ0n) is 14.3. The Labute approximate surface area is 146 Å². The number of aryl methyl sites for hydroxylation is 1. The van der Waals surface area contributed by atoms with Gasteiger partial charge in [-0.3, -0.25) is 9.59 Å². The molecule has 1 fully saturated rings. The van der Waals surface area contributed by atoms with Crippen LogP contribution in [-0.2, 0) is 16.1 Å². The number of carbonyl (C=O) groups excluding carboxylic acids is 2. The van der Waals surface area contributed by atoms with E-state index >= 15 is 0 Å². The van der Waals surface area contributed by atoms with Gasteiger partial charge in [-0.05, 0) is 18.6 Å². The highest BCUT2D eigenvalue weighted by molar-refractivity contribution is 5.90. The van der Waals surface area contributed by atoms with Gasteiger partial charge in [0.1, 0.15) is 5.82 Å². The average Bonchev–Trinajstić information content (AvgIpc) is 2.90. The van der Waals surface area contributed by atoms with Crippen molar-refractivity contribution in [1.29, 1.82) is 0 Å². The molecule has 0 aromatic heterocycles. The van der Waals surface area contributed by atoms with E-state index in [9.17, 15) is 14.0 Å². The summed E-state index contributed by atoms with van der Waals surface area (Å²) in [6, 6.07) is 13.9. The van der Waals surface area contributed by atoms with Gasteiger partial charge >= 0.3 is 0 Å². The number of halogens is 1. The molecule has 130 valence electrons. The standard InChI is InChI=1S/C20H21FN2O2/c1-13-7-9-14(10-8-13)19-16(11-18(24)23(19)2)20(25)22-12-15-5-3-4-6-17(15)21/h3-10,16,19H,11-12H2,1-2H3,(H,22,25). The molecule has 2 aromatic rings. The van der Waals surface area contributed by atoms with Crippen LogP contribution < -0.4 is 5.32 Å². The van der Waals surface area contributed by atoms with E-state index in [-0.39, 0.29) is 36.6 Å². The van der Waals surface area contributed by atoms with Crippen LogP contribution in [0.2, 0.25) is 0 Å². The van der Waals surface area contributed by atoms with Crippen molar-refractivity contribution in [3.8, 4) is 0 Å². The number of nitrogens with one attached hydrogen (secondary N) is 1. The lowest BCUT2D eigenvalue weighted by molar-refractivity contribution is -0.128. The van der Waals surface area contributed by atoms with Crippen molar-refractivity contribution in [2.45, 2.75) is 25.9 Å². The van der Waals surface area contributed by atoms with Crippen LogP contribution in [0.3, 0.4) is 0 Å². The van der Waals surface area contributed by atoms with Gasteiger partial charge in [0.2, 0.25) is 11.8 Å². The third-order valence-electron chi connectivity index (χ3n) is 4.75. The molecule has 1 N–H and O–H groups in total. The normalized spacial score (nSPS) is 20.0. The zero-order valence-corrected chi connectivity index (χ0v) is 14.3. The molecule has 1 aliphatic rings. The molecule has 1 saturated heterocycles. The van der Waals surface area contributed by atoms with Crippen LogP contribution in [0.4, 0.5) is 4.39 Å². The fourth-order valence-electron chi connectivity index (χ4n) is 3.28. The smallest absolute Gasteiger partial charge is 0.226 e. The Morgan fingerprint density at radius 2 is 1.88 bits per heavy atom. The van der Waals surface area contributed by atoms with Gasteiger partial charge in [0, 0.05) is 25.6 Å².